The van der Waals surface area contributed by atoms with Crippen molar-refractivity contribution in [3.63, 3.8) is 0 Å². The van der Waals surface area contributed by atoms with E-state index in [9.17, 15) is 27.2 Å². The third kappa shape index (κ3) is 4.38. The van der Waals surface area contributed by atoms with Crippen molar-refractivity contribution in [1.29, 1.82) is 0 Å². The Morgan fingerprint density at radius 2 is 2.03 bits per heavy atom. The van der Waals surface area contributed by atoms with Gasteiger partial charge in [0, 0.05) is 32.1 Å². The van der Waals surface area contributed by atoms with Gasteiger partial charge in [0.2, 0.25) is 5.56 Å². The lowest BCUT2D eigenvalue weighted by Gasteiger charge is -2.42. The van der Waals surface area contributed by atoms with E-state index in [1.54, 1.807) is 12.1 Å². The summed E-state index contributed by atoms with van der Waals surface area (Å²) in [6.45, 7) is 0.438. The number of anilines is 1. The second-order valence-electron chi connectivity index (χ2n) is 7.54. The van der Waals surface area contributed by atoms with Crippen LogP contribution in [-0.2, 0) is 5.54 Å². The first-order valence-corrected chi connectivity index (χ1v) is 9.83. The lowest BCUT2D eigenvalue weighted by Crippen LogP contribution is -2.52. The normalized spacial score (nSPS) is 17.9. The number of ether oxygens (including phenoxy) is 1. The zero-order valence-electron chi connectivity index (χ0n) is 17.2. The van der Waals surface area contributed by atoms with E-state index in [1.807, 2.05) is 11.9 Å². The van der Waals surface area contributed by atoms with Crippen LogP contribution in [0, 0.1) is 5.82 Å². The predicted molar refractivity (Wildman–Crippen MR) is 111 cm³/mol. The quantitative estimate of drug-likeness (QED) is 0.581. The van der Waals surface area contributed by atoms with Crippen molar-refractivity contribution in [2.75, 3.05) is 18.5 Å². The molecule has 0 unspecified atom stereocenters. The highest BCUT2D eigenvalue weighted by molar-refractivity contribution is 5.95. The fraction of sp³-hybridized carbons (Fsp3) is 0.227. The molecule has 1 aromatic carbocycles. The number of rotatable bonds is 4. The number of halogens is 4. The Labute approximate surface area is 185 Å². The number of alkyl halides is 3. The van der Waals surface area contributed by atoms with Gasteiger partial charge in [0.25, 0.3) is 5.91 Å². The first-order valence-electron chi connectivity index (χ1n) is 9.83. The van der Waals surface area contributed by atoms with Crippen LogP contribution in [0.5, 0.6) is 5.75 Å². The van der Waals surface area contributed by atoms with Gasteiger partial charge < -0.3 is 19.9 Å². The number of amides is 1. The van der Waals surface area contributed by atoms with Gasteiger partial charge in [-0.15, -0.1) is 13.2 Å². The van der Waals surface area contributed by atoms with Gasteiger partial charge in [0.05, 0.1) is 16.9 Å². The first-order chi connectivity index (χ1) is 15.6. The summed E-state index contributed by atoms with van der Waals surface area (Å²) in [6.07, 6.45) is -2.06. The van der Waals surface area contributed by atoms with Gasteiger partial charge in [-0.1, -0.05) is 6.07 Å². The molecule has 3 heterocycles. The van der Waals surface area contributed by atoms with Gasteiger partial charge in [-0.25, -0.2) is 4.39 Å². The van der Waals surface area contributed by atoms with Crippen molar-refractivity contribution in [2.24, 2.45) is 0 Å². The van der Waals surface area contributed by atoms with Gasteiger partial charge >= 0.3 is 6.36 Å². The molecule has 3 aromatic rings. The minimum atomic E-state index is -5.06. The van der Waals surface area contributed by atoms with E-state index in [1.165, 1.54) is 30.6 Å². The monoisotopic (exact) mass is 462 g/mol. The van der Waals surface area contributed by atoms with E-state index >= 15 is 0 Å². The van der Waals surface area contributed by atoms with Crippen molar-refractivity contribution < 1.29 is 27.1 Å². The molecule has 33 heavy (non-hydrogen) atoms. The van der Waals surface area contributed by atoms with Crippen LogP contribution < -0.4 is 20.5 Å². The van der Waals surface area contributed by atoms with Gasteiger partial charge in [-0.3, -0.25) is 14.6 Å². The van der Waals surface area contributed by atoms with Crippen LogP contribution in [0.15, 0.2) is 59.7 Å². The van der Waals surface area contributed by atoms with Crippen molar-refractivity contribution >= 4 is 11.6 Å². The molecule has 2 aromatic heterocycles. The SMILES string of the molecule is CN1CC[C@](NC(=O)c2ccc(=O)[nH]c2)(c2ccc(OC(F)(F)F)c(F)c2)c2ncccc21. The van der Waals surface area contributed by atoms with E-state index in [0.717, 1.165) is 12.1 Å². The number of aromatic nitrogens is 2. The molecule has 1 atom stereocenters. The first kappa shape index (κ1) is 22.3. The predicted octanol–water partition coefficient (Wildman–Crippen LogP) is 3.32. The lowest BCUT2D eigenvalue weighted by molar-refractivity contribution is -0.275. The molecular formula is C22H18F4N4O3. The molecule has 0 radical (unpaired) electrons. The molecule has 1 amide bonds. The highest BCUT2D eigenvalue weighted by Crippen LogP contribution is 2.42. The van der Waals surface area contributed by atoms with Gasteiger partial charge in [-0.2, -0.15) is 0 Å². The molecular weight excluding hydrogens is 444 g/mol. The molecule has 4 rings (SSSR count). The molecule has 0 saturated heterocycles. The summed E-state index contributed by atoms with van der Waals surface area (Å²) in [5.74, 6) is -2.80. The fourth-order valence-electron chi connectivity index (χ4n) is 3.87. The average Bonchev–Trinajstić information content (AvgIpc) is 2.77. The van der Waals surface area contributed by atoms with Crippen LogP contribution in [0.25, 0.3) is 0 Å². The number of fused-ring (bicyclic) bond motifs is 1. The summed E-state index contributed by atoms with van der Waals surface area (Å²) in [5, 5.41) is 2.88. The number of hydrogen-bond acceptors (Lipinski definition) is 5. The molecule has 7 nitrogen and oxygen atoms in total. The number of hydrogen-bond donors (Lipinski definition) is 2. The average molecular weight is 462 g/mol. The third-order valence-corrected chi connectivity index (χ3v) is 5.45. The maximum Gasteiger partial charge on any atom is 0.573 e. The molecule has 0 aliphatic carbocycles. The van der Waals surface area contributed by atoms with E-state index < -0.39 is 34.9 Å². The summed E-state index contributed by atoms with van der Waals surface area (Å²) >= 11 is 0. The summed E-state index contributed by atoms with van der Waals surface area (Å²) in [4.78, 5) is 33.2. The number of benzene rings is 1. The van der Waals surface area contributed by atoms with Crippen molar-refractivity contribution in [3.05, 3.63) is 87.9 Å². The highest BCUT2D eigenvalue weighted by Gasteiger charge is 2.43. The molecule has 172 valence electrons. The molecule has 1 aliphatic heterocycles. The minimum Gasteiger partial charge on any atom is -0.403 e. The van der Waals surface area contributed by atoms with Crippen LogP contribution in [-0.4, -0.2) is 35.8 Å². The van der Waals surface area contributed by atoms with Crippen LogP contribution in [0.3, 0.4) is 0 Å². The number of nitrogens with zero attached hydrogens (tertiary/aromatic N) is 2. The second-order valence-corrected chi connectivity index (χ2v) is 7.54. The standard InChI is InChI=1S/C22H18F4N4O3/c1-30-10-8-21(19-16(30)3-2-9-27-19,29-20(32)13-4-7-18(31)28-12-13)14-5-6-17(15(23)11-14)33-22(24,25)26/h2-7,9,11-12H,8,10H2,1H3,(H,28,31)(H,29,32)/t21-/m0/s1. The van der Waals surface area contributed by atoms with Gasteiger partial charge in [0.15, 0.2) is 11.6 Å². The van der Waals surface area contributed by atoms with Crippen molar-refractivity contribution in [2.45, 2.75) is 18.3 Å². The van der Waals surface area contributed by atoms with E-state index in [2.05, 4.69) is 20.0 Å². The van der Waals surface area contributed by atoms with Gasteiger partial charge in [-0.05, 0) is 42.3 Å². The smallest absolute Gasteiger partial charge is 0.403 e. The van der Waals surface area contributed by atoms with Crippen molar-refractivity contribution in [1.82, 2.24) is 15.3 Å². The zero-order chi connectivity index (χ0) is 23.8. The Bertz CT molecular complexity index is 1240. The molecule has 0 fully saturated rings. The van der Waals surface area contributed by atoms with E-state index in [0.29, 0.717) is 17.9 Å². The summed E-state index contributed by atoms with van der Waals surface area (Å²) in [5.41, 5.74) is -0.339. The number of carbonyl (C=O) groups excluding carboxylic acids is 1. The third-order valence-electron chi connectivity index (χ3n) is 5.45. The largest absolute Gasteiger partial charge is 0.573 e. The van der Waals surface area contributed by atoms with E-state index in [-0.39, 0.29) is 17.5 Å². The van der Waals surface area contributed by atoms with Crippen LogP contribution in [0.2, 0.25) is 0 Å². The molecule has 2 N–H and O–H groups in total. The number of pyridine rings is 2. The lowest BCUT2D eigenvalue weighted by atomic mass is 9.79. The Morgan fingerprint density at radius 3 is 2.70 bits per heavy atom. The minimum absolute atomic E-state index is 0.142. The Morgan fingerprint density at radius 1 is 1.24 bits per heavy atom. The van der Waals surface area contributed by atoms with Crippen LogP contribution in [0.1, 0.15) is 28.0 Å². The van der Waals surface area contributed by atoms with Gasteiger partial charge in [0.1, 0.15) is 5.54 Å². The zero-order valence-corrected chi connectivity index (χ0v) is 17.2. The Kier molecular flexibility index (Phi) is 5.56. The summed E-state index contributed by atoms with van der Waals surface area (Å²) < 4.78 is 56.2. The summed E-state index contributed by atoms with van der Waals surface area (Å²) in [6, 6.07) is 9.03. The number of nitrogens with one attached hydrogen (secondary N) is 2. The second kappa shape index (κ2) is 8.23. The molecule has 0 saturated carbocycles. The Balaban J connectivity index is 1.83. The molecule has 1 aliphatic rings. The summed E-state index contributed by atoms with van der Waals surface area (Å²) in [7, 11) is 1.83. The Hall–Kier alpha value is -3.89. The number of carbonyl (C=O) groups is 1. The van der Waals surface area contributed by atoms with Crippen molar-refractivity contribution in [3.8, 4) is 5.75 Å². The van der Waals surface area contributed by atoms with E-state index in [4.69, 9.17) is 0 Å². The highest BCUT2D eigenvalue weighted by atomic mass is 19.4. The maximum absolute atomic E-state index is 14.7. The van der Waals surface area contributed by atoms with Crippen LogP contribution in [0.4, 0.5) is 23.2 Å². The molecule has 0 spiro atoms. The molecule has 11 heteroatoms. The van der Waals surface area contributed by atoms with Crippen LogP contribution >= 0.6 is 0 Å². The fourth-order valence-corrected chi connectivity index (χ4v) is 3.87. The molecule has 0 bridgehead atoms. The topological polar surface area (TPSA) is 87.3 Å². The maximum atomic E-state index is 14.7. The number of H-pyrrole nitrogens is 1. The number of aromatic amines is 1.